The van der Waals surface area contributed by atoms with Crippen molar-refractivity contribution in [1.82, 2.24) is 9.88 Å². The summed E-state index contributed by atoms with van der Waals surface area (Å²) < 4.78 is 11.2. The normalized spacial score (nSPS) is 16.5. The van der Waals surface area contributed by atoms with Crippen molar-refractivity contribution in [2.24, 2.45) is 0 Å². The molecule has 1 atom stereocenters. The first-order chi connectivity index (χ1) is 13.2. The maximum atomic E-state index is 12.6. The quantitative estimate of drug-likeness (QED) is 0.697. The van der Waals surface area contributed by atoms with Gasteiger partial charge in [0.15, 0.2) is 0 Å². The van der Waals surface area contributed by atoms with Crippen molar-refractivity contribution in [3.63, 3.8) is 0 Å². The van der Waals surface area contributed by atoms with Gasteiger partial charge >= 0.3 is 0 Å². The third kappa shape index (κ3) is 4.03. The van der Waals surface area contributed by atoms with Crippen LogP contribution >= 0.6 is 0 Å². The Balaban J connectivity index is 1.36. The van der Waals surface area contributed by atoms with Gasteiger partial charge in [-0.25, -0.2) is 4.98 Å². The number of fused-ring (bicyclic) bond motifs is 1. The second-order valence-corrected chi connectivity index (χ2v) is 6.74. The van der Waals surface area contributed by atoms with Gasteiger partial charge in [0.1, 0.15) is 11.9 Å². The molecule has 1 aliphatic heterocycles. The lowest BCUT2D eigenvalue weighted by molar-refractivity contribution is -0.129. The molecular weight excluding hydrogens is 340 g/mol. The molecule has 0 radical (unpaired) electrons. The predicted octanol–water partition coefficient (Wildman–Crippen LogP) is 3.47. The SMILES string of the molecule is COc1cccc(CC(=O)N2CCC(Oc3ccc4ccccc4n3)C2)c1. The summed E-state index contributed by atoms with van der Waals surface area (Å²) in [5.41, 5.74) is 1.87. The molecule has 0 spiro atoms. The summed E-state index contributed by atoms with van der Waals surface area (Å²) in [5, 5.41) is 1.09. The van der Waals surface area contributed by atoms with Gasteiger partial charge in [-0.1, -0.05) is 30.3 Å². The van der Waals surface area contributed by atoms with Crippen molar-refractivity contribution >= 4 is 16.8 Å². The third-order valence-electron chi connectivity index (χ3n) is 4.85. The topological polar surface area (TPSA) is 51.7 Å². The molecule has 1 unspecified atom stereocenters. The van der Waals surface area contributed by atoms with Crippen LogP contribution < -0.4 is 9.47 Å². The van der Waals surface area contributed by atoms with Crippen LogP contribution in [0, 0.1) is 0 Å². The van der Waals surface area contributed by atoms with Gasteiger partial charge in [-0.15, -0.1) is 0 Å². The van der Waals surface area contributed by atoms with Gasteiger partial charge in [-0.05, 0) is 29.8 Å². The van der Waals surface area contributed by atoms with E-state index < -0.39 is 0 Å². The van der Waals surface area contributed by atoms with Gasteiger partial charge in [0, 0.05) is 24.4 Å². The highest BCUT2D eigenvalue weighted by molar-refractivity contribution is 5.79. The van der Waals surface area contributed by atoms with Gasteiger partial charge in [0.25, 0.3) is 0 Å². The van der Waals surface area contributed by atoms with E-state index in [2.05, 4.69) is 4.98 Å². The average molecular weight is 362 g/mol. The zero-order valence-corrected chi connectivity index (χ0v) is 15.3. The number of hydrogen-bond donors (Lipinski definition) is 0. The van der Waals surface area contributed by atoms with Crippen LogP contribution in [0.15, 0.2) is 60.7 Å². The number of ether oxygens (including phenoxy) is 2. The Labute approximate surface area is 158 Å². The summed E-state index contributed by atoms with van der Waals surface area (Å²) in [4.78, 5) is 19.0. The van der Waals surface area contributed by atoms with Crippen molar-refractivity contribution in [3.8, 4) is 11.6 Å². The molecule has 0 bridgehead atoms. The van der Waals surface area contributed by atoms with Crippen molar-refractivity contribution in [1.29, 1.82) is 0 Å². The standard InChI is InChI=1S/C22H22N2O3/c1-26-18-7-4-5-16(13-18)14-22(25)24-12-11-19(15-24)27-21-10-9-17-6-2-3-8-20(17)23-21/h2-10,13,19H,11-12,14-15H2,1H3. The number of nitrogens with zero attached hydrogens (tertiary/aromatic N) is 2. The summed E-state index contributed by atoms with van der Waals surface area (Å²) >= 11 is 0. The smallest absolute Gasteiger partial charge is 0.227 e. The van der Waals surface area contributed by atoms with E-state index in [9.17, 15) is 4.79 Å². The fourth-order valence-electron chi connectivity index (χ4n) is 3.40. The van der Waals surface area contributed by atoms with Crippen LogP contribution in [0.2, 0.25) is 0 Å². The first-order valence-electron chi connectivity index (χ1n) is 9.14. The number of aromatic nitrogens is 1. The number of rotatable bonds is 5. The van der Waals surface area contributed by atoms with Gasteiger partial charge in [-0.3, -0.25) is 4.79 Å². The van der Waals surface area contributed by atoms with Crippen molar-refractivity contribution in [3.05, 3.63) is 66.2 Å². The molecule has 2 heterocycles. The minimum Gasteiger partial charge on any atom is -0.497 e. The number of carbonyl (C=O) groups is 1. The number of carbonyl (C=O) groups excluding carboxylic acids is 1. The third-order valence-corrected chi connectivity index (χ3v) is 4.85. The number of benzene rings is 2. The van der Waals surface area contributed by atoms with Crippen molar-refractivity contribution < 1.29 is 14.3 Å². The Morgan fingerprint density at radius 3 is 2.93 bits per heavy atom. The summed E-state index contributed by atoms with van der Waals surface area (Å²) in [7, 11) is 1.63. The van der Waals surface area contributed by atoms with E-state index in [-0.39, 0.29) is 12.0 Å². The molecule has 1 aliphatic rings. The number of amides is 1. The lowest BCUT2D eigenvalue weighted by Gasteiger charge is -2.17. The Morgan fingerprint density at radius 1 is 1.15 bits per heavy atom. The van der Waals surface area contributed by atoms with Gasteiger partial charge in [0.2, 0.25) is 11.8 Å². The van der Waals surface area contributed by atoms with E-state index >= 15 is 0 Å². The first kappa shape index (κ1) is 17.3. The molecule has 0 aliphatic carbocycles. The van der Waals surface area contributed by atoms with E-state index in [4.69, 9.17) is 9.47 Å². The van der Waals surface area contributed by atoms with Crippen LogP contribution in [0.1, 0.15) is 12.0 Å². The average Bonchev–Trinajstić information content (AvgIpc) is 3.17. The molecule has 138 valence electrons. The van der Waals surface area contributed by atoms with Crippen LogP contribution in [-0.4, -0.2) is 42.1 Å². The highest BCUT2D eigenvalue weighted by Gasteiger charge is 2.27. The van der Waals surface area contributed by atoms with Gasteiger partial charge < -0.3 is 14.4 Å². The Morgan fingerprint density at radius 2 is 2.04 bits per heavy atom. The molecule has 1 saturated heterocycles. The largest absolute Gasteiger partial charge is 0.497 e. The lowest BCUT2D eigenvalue weighted by Crippen LogP contribution is -2.32. The molecule has 27 heavy (non-hydrogen) atoms. The summed E-state index contributed by atoms with van der Waals surface area (Å²) in [6.45, 7) is 1.30. The molecular formula is C22H22N2O3. The summed E-state index contributed by atoms with van der Waals surface area (Å²) in [5.74, 6) is 1.49. The second-order valence-electron chi connectivity index (χ2n) is 6.74. The number of pyridine rings is 1. The zero-order valence-electron chi connectivity index (χ0n) is 15.3. The van der Waals surface area contributed by atoms with Gasteiger partial charge in [-0.2, -0.15) is 0 Å². The minimum atomic E-state index is -0.0204. The first-order valence-corrected chi connectivity index (χ1v) is 9.14. The molecule has 1 fully saturated rings. The second kappa shape index (κ2) is 7.66. The molecule has 1 aromatic heterocycles. The molecule has 3 aromatic rings. The van der Waals surface area contributed by atoms with Crippen molar-refractivity contribution in [2.75, 3.05) is 20.2 Å². The number of methoxy groups -OCH3 is 1. The van der Waals surface area contributed by atoms with Gasteiger partial charge in [0.05, 0.1) is 25.6 Å². The number of para-hydroxylation sites is 1. The zero-order chi connectivity index (χ0) is 18.6. The fourth-order valence-corrected chi connectivity index (χ4v) is 3.40. The van der Waals surface area contributed by atoms with Crippen LogP contribution in [0.4, 0.5) is 0 Å². The monoisotopic (exact) mass is 362 g/mol. The Hall–Kier alpha value is -3.08. The van der Waals surface area contributed by atoms with Crippen LogP contribution in [0.25, 0.3) is 10.9 Å². The maximum absolute atomic E-state index is 12.6. The van der Waals surface area contributed by atoms with Crippen LogP contribution in [0.3, 0.4) is 0 Å². The van der Waals surface area contributed by atoms with E-state index in [1.165, 1.54) is 0 Å². The van der Waals surface area contributed by atoms with E-state index in [0.717, 1.165) is 28.6 Å². The number of likely N-dealkylation sites (tertiary alicyclic amines) is 1. The molecule has 4 rings (SSSR count). The van der Waals surface area contributed by atoms with Crippen molar-refractivity contribution in [2.45, 2.75) is 18.9 Å². The molecule has 0 N–H and O–H groups in total. The van der Waals surface area contributed by atoms with Crippen LogP contribution in [-0.2, 0) is 11.2 Å². The molecule has 2 aromatic carbocycles. The Kier molecular flexibility index (Phi) is 4.92. The maximum Gasteiger partial charge on any atom is 0.227 e. The molecule has 0 saturated carbocycles. The summed E-state index contributed by atoms with van der Waals surface area (Å²) in [6.07, 6.45) is 1.17. The fraction of sp³-hybridized carbons (Fsp3) is 0.273. The lowest BCUT2D eigenvalue weighted by atomic mass is 10.1. The molecule has 5 heteroatoms. The highest BCUT2D eigenvalue weighted by Crippen LogP contribution is 2.21. The van der Waals surface area contributed by atoms with E-state index in [1.54, 1.807) is 7.11 Å². The Bertz CT molecular complexity index is 957. The minimum absolute atomic E-state index is 0.0204. The van der Waals surface area contributed by atoms with E-state index in [0.29, 0.717) is 25.4 Å². The summed E-state index contributed by atoms with van der Waals surface area (Å²) in [6, 6.07) is 19.5. The predicted molar refractivity (Wildman–Crippen MR) is 104 cm³/mol. The molecule has 5 nitrogen and oxygen atoms in total. The number of hydrogen-bond acceptors (Lipinski definition) is 4. The highest BCUT2D eigenvalue weighted by atomic mass is 16.5. The van der Waals surface area contributed by atoms with E-state index in [1.807, 2.05) is 65.6 Å². The van der Waals surface area contributed by atoms with Crippen LogP contribution in [0.5, 0.6) is 11.6 Å². The molecule has 1 amide bonds.